The van der Waals surface area contributed by atoms with Crippen molar-refractivity contribution in [3.05, 3.63) is 82.2 Å². The third-order valence-electron chi connectivity index (χ3n) is 5.07. The van der Waals surface area contributed by atoms with Crippen LogP contribution in [-0.2, 0) is 5.41 Å². The number of halogens is 1. The second-order valence-electron chi connectivity index (χ2n) is 6.94. The highest BCUT2D eigenvalue weighted by atomic mass is 127. The molecule has 1 aromatic heterocycles. The van der Waals surface area contributed by atoms with Crippen LogP contribution in [0.2, 0.25) is 0 Å². The fourth-order valence-electron chi connectivity index (χ4n) is 3.68. The molecule has 0 fully saturated rings. The van der Waals surface area contributed by atoms with Crippen molar-refractivity contribution in [1.82, 2.24) is 0 Å². The molecule has 0 unspecified atom stereocenters. The van der Waals surface area contributed by atoms with Gasteiger partial charge >= 0.3 is 0 Å². The summed E-state index contributed by atoms with van der Waals surface area (Å²) in [4.78, 5) is 12.7. The van der Waals surface area contributed by atoms with Gasteiger partial charge in [-0.05, 0) is 32.1 Å². The second-order valence-corrected chi connectivity index (χ2v) is 6.94. The van der Waals surface area contributed by atoms with E-state index in [1.54, 1.807) is 6.07 Å². The Balaban J connectivity index is 0.00000196. The largest absolute Gasteiger partial charge is 1.00 e. The predicted octanol–water partition coefficient (Wildman–Crippen LogP) is 1.52. The zero-order chi connectivity index (χ0) is 17.6. The highest BCUT2D eigenvalue weighted by molar-refractivity contribution is 6.05. The minimum absolute atomic E-state index is 0. The molecule has 1 aliphatic heterocycles. The summed E-state index contributed by atoms with van der Waals surface area (Å²) in [5.41, 5.74) is 4.71. The lowest BCUT2D eigenvalue weighted by Gasteiger charge is -2.15. The van der Waals surface area contributed by atoms with Crippen LogP contribution in [0.3, 0.4) is 0 Å². The first-order chi connectivity index (χ1) is 12.0. The molecule has 26 heavy (non-hydrogen) atoms. The van der Waals surface area contributed by atoms with Gasteiger partial charge in [0.15, 0.2) is 11.1 Å². The number of hydrogen-bond donors (Lipinski definition) is 0. The average Bonchev–Trinajstić information content (AvgIpc) is 2.82. The highest BCUT2D eigenvalue weighted by Gasteiger charge is 2.42. The van der Waals surface area contributed by atoms with E-state index in [0.717, 1.165) is 5.71 Å². The lowest BCUT2D eigenvalue weighted by atomic mass is 9.81. The molecule has 0 bridgehead atoms. The van der Waals surface area contributed by atoms with Crippen LogP contribution in [0.4, 0.5) is 5.69 Å². The van der Waals surface area contributed by atoms with Gasteiger partial charge < -0.3 is 28.4 Å². The van der Waals surface area contributed by atoms with E-state index in [4.69, 9.17) is 4.42 Å². The van der Waals surface area contributed by atoms with Gasteiger partial charge in [-0.3, -0.25) is 4.79 Å². The van der Waals surface area contributed by atoms with Crippen LogP contribution < -0.4 is 29.4 Å². The van der Waals surface area contributed by atoms with E-state index in [0.29, 0.717) is 16.5 Å². The van der Waals surface area contributed by atoms with Crippen LogP contribution in [0.25, 0.3) is 17.0 Å². The molecule has 0 N–H and O–H groups in total. The SMILES string of the molecule is C[N+]1=C(/C=C/c2coc3ccccc3c2=O)C(C)(C)c2ccccc21.[I-]. The maximum absolute atomic E-state index is 12.7. The number of benzene rings is 2. The van der Waals surface area contributed by atoms with Crippen molar-refractivity contribution in [2.75, 3.05) is 7.05 Å². The molecule has 0 saturated heterocycles. The van der Waals surface area contributed by atoms with Gasteiger partial charge in [-0.1, -0.05) is 30.3 Å². The van der Waals surface area contributed by atoms with Crippen molar-refractivity contribution in [2.24, 2.45) is 0 Å². The van der Waals surface area contributed by atoms with E-state index < -0.39 is 0 Å². The summed E-state index contributed by atoms with van der Waals surface area (Å²) in [6.07, 6.45) is 5.43. The zero-order valence-corrected chi connectivity index (χ0v) is 17.2. The Labute approximate surface area is 169 Å². The predicted molar refractivity (Wildman–Crippen MR) is 102 cm³/mol. The zero-order valence-electron chi connectivity index (χ0n) is 15.0. The Morgan fingerprint density at radius 3 is 2.46 bits per heavy atom. The van der Waals surface area contributed by atoms with E-state index in [-0.39, 0.29) is 34.8 Å². The summed E-state index contributed by atoms with van der Waals surface area (Å²) in [5.74, 6) is 0. The van der Waals surface area contributed by atoms with Crippen molar-refractivity contribution < 1.29 is 33.0 Å². The molecule has 3 nitrogen and oxygen atoms in total. The molecule has 0 aliphatic carbocycles. The van der Waals surface area contributed by atoms with Crippen molar-refractivity contribution >= 4 is 28.4 Å². The van der Waals surface area contributed by atoms with Crippen molar-refractivity contribution in [1.29, 1.82) is 0 Å². The Bertz CT molecular complexity index is 1110. The number of nitrogens with zero attached hydrogens (tertiary/aromatic N) is 1. The first-order valence-corrected chi connectivity index (χ1v) is 8.39. The summed E-state index contributed by atoms with van der Waals surface area (Å²) < 4.78 is 7.79. The van der Waals surface area contributed by atoms with E-state index in [9.17, 15) is 4.79 Å². The Kier molecular flexibility index (Phi) is 4.88. The molecule has 1 aliphatic rings. The Morgan fingerprint density at radius 2 is 1.69 bits per heavy atom. The third kappa shape index (κ3) is 2.82. The van der Waals surface area contributed by atoms with Gasteiger partial charge in [0.1, 0.15) is 18.9 Å². The normalized spacial score (nSPS) is 15.3. The number of allylic oxidation sites excluding steroid dienone is 1. The highest BCUT2D eigenvalue weighted by Crippen LogP contribution is 2.39. The quantitative estimate of drug-likeness (QED) is 0.432. The topological polar surface area (TPSA) is 33.2 Å². The van der Waals surface area contributed by atoms with Gasteiger partial charge in [0.2, 0.25) is 5.69 Å². The lowest BCUT2D eigenvalue weighted by Crippen LogP contribution is -3.00. The van der Waals surface area contributed by atoms with Crippen LogP contribution in [0.15, 0.2) is 70.1 Å². The smallest absolute Gasteiger partial charge is 0.209 e. The first kappa shape index (κ1) is 18.6. The second kappa shape index (κ2) is 6.83. The van der Waals surface area contributed by atoms with Gasteiger partial charge in [-0.15, -0.1) is 0 Å². The molecular formula is C22H20INO2. The summed E-state index contributed by atoms with van der Waals surface area (Å²) in [6.45, 7) is 4.41. The van der Waals surface area contributed by atoms with E-state index in [1.165, 1.54) is 17.5 Å². The molecule has 0 amide bonds. The first-order valence-electron chi connectivity index (χ1n) is 8.39. The minimum atomic E-state index is -0.112. The lowest BCUT2D eigenvalue weighted by molar-refractivity contribution is -0.401. The molecule has 4 rings (SSSR count). The molecule has 4 heteroatoms. The fraction of sp³-hybridized carbons (Fsp3) is 0.182. The molecule has 0 atom stereocenters. The van der Waals surface area contributed by atoms with Crippen LogP contribution in [-0.4, -0.2) is 17.3 Å². The molecule has 0 spiro atoms. The van der Waals surface area contributed by atoms with Gasteiger partial charge in [-0.25, -0.2) is 0 Å². The number of rotatable bonds is 2. The number of fused-ring (bicyclic) bond motifs is 2. The fourth-order valence-corrected chi connectivity index (χ4v) is 3.68. The molecule has 2 aromatic carbocycles. The number of hydrogen-bond acceptors (Lipinski definition) is 2. The average molecular weight is 457 g/mol. The standard InChI is InChI=1S/C22H20NO2.HI/c1-22(2)17-9-5-6-10-18(17)23(3)20(22)13-12-15-14-25-19-11-7-4-8-16(19)21(15)24;/h4-14H,1-3H3;1H/q+1;/p-1/b13-12+;. The summed E-state index contributed by atoms with van der Waals surface area (Å²) in [5, 5.41) is 0.608. The monoisotopic (exact) mass is 457 g/mol. The van der Waals surface area contributed by atoms with Crippen molar-refractivity contribution in [2.45, 2.75) is 19.3 Å². The Morgan fingerprint density at radius 1 is 1.00 bits per heavy atom. The molecule has 0 radical (unpaired) electrons. The summed E-state index contributed by atoms with van der Waals surface area (Å²) >= 11 is 0. The van der Waals surface area contributed by atoms with Crippen LogP contribution >= 0.6 is 0 Å². The van der Waals surface area contributed by atoms with Gasteiger partial charge in [0.05, 0.1) is 16.4 Å². The van der Waals surface area contributed by atoms with Gasteiger partial charge in [0.25, 0.3) is 0 Å². The molecule has 132 valence electrons. The number of para-hydroxylation sites is 2. The van der Waals surface area contributed by atoms with Crippen molar-refractivity contribution in [3.8, 4) is 0 Å². The molecule has 2 heterocycles. The van der Waals surface area contributed by atoms with Gasteiger partial charge in [-0.2, -0.15) is 4.58 Å². The van der Waals surface area contributed by atoms with Gasteiger partial charge in [0, 0.05) is 17.7 Å². The summed E-state index contributed by atoms with van der Waals surface area (Å²) in [7, 11) is 2.07. The maximum Gasteiger partial charge on any atom is 0.209 e. The van der Waals surface area contributed by atoms with E-state index in [2.05, 4.69) is 49.7 Å². The molecule has 3 aromatic rings. The van der Waals surface area contributed by atoms with Crippen LogP contribution in [0.1, 0.15) is 25.0 Å². The molecular weight excluding hydrogens is 437 g/mol. The minimum Gasteiger partial charge on any atom is -1.00 e. The summed E-state index contributed by atoms with van der Waals surface area (Å²) in [6, 6.07) is 15.7. The van der Waals surface area contributed by atoms with Crippen molar-refractivity contribution in [3.63, 3.8) is 0 Å². The third-order valence-corrected chi connectivity index (χ3v) is 5.07. The molecule has 0 saturated carbocycles. The van der Waals surface area contributed by atoms with Crippen LogP contribution in [0.5, 0.6) is 0 Å². The van der Waals surface area contributed by atoms with Crippen LogP contribution in [0, 0.1) is 0 Å². The Hall–Kier alpha value is -2.21. The van der Waals surface area contributed by atoms with E-state index >= 15 is 0 Å². The maximum atomic E-state index is 12.7. The van der Waals surface area contributed by atoms with E-state index in [1.807, 2.05) is 30.4 Å².